The van der Waals surface area contributed by atoms with Crippen molar-refractivity contribution in [2.45, 2.75) is 20.3 Å². The van der Waals surface area contributed by atoms with Gasteiger partial charge in [-0.1, -0.05) is 55.5 Å². The number of carboxylic acids is 1. The van der Waals surface area contributed by atoms with Gasteiger partial charge < -0.3 is 10.4 Å². The summed E-state index contributed by atoms with van der Waals surface area (Å²) in [6, 6.07) is 27.1. The van der Waals surface area contributed by atoms with Crippen LogP contribution in [0, 0.1) is 6.92 Å². The van der Waals surface area contributed by atoms with E-state index in [0.717, 1.165) is 40.0 Å². The van der Waals surface area contributed by atoms with Gasteiger partial charge in [-0.2, -0.15) is 5.10 Å². The van der Waals surface area contributed by atoms with Crippen molar-refractivity contribution in [3.63, 3.8) is 0 Å². The number of hydrogen-bond acceptors (Lipinski definition) is 4. The number of aromatic carboxylic acids is 1. The Morgan fingerprint density at radius 2 is 1.74 bits per heavy atom. The molecule has 5 rings (SSSR count). The molecular weight excluding hydrogens is 460 g/mol. The van der Waals surface area contributed by atoms with Crippen LogP contribution >= 0.6 is 12.4 Å². The van der Waals surface area contributed by atoms with Gasteiger partial charge in [0, 0.05) is 22.7 Å². The summed E-state index contributed by atoms with van der Waals surface area (Å²) in [5, 5.41) is 18.9. The van der Waals surface area contributed by atoms with Crippen LogP contribution in [-0.2, 0) is 6.42 Å². The maximum Gasteiger partial charge on any atom is 0.337 e. The number of para-hydroxylation sites is 2. The van der Waals surface area contributed by atoms with Crippen LogP contribution < -0.4 is 5.32 Å². The lowest BCUT2D eigenvalue weighted by molar-refractivity contribution is 0.0698. The number of halogens is 1. The first-order valence-corrected chi connectivity index (χ1v) is 11.2. The maximum atomic E-state index is 11.8. The lowest BCUT2D eigenvalue weighted by atomic mass is 10.1. The Morgan fingerprint density at radius 3 is 2.54 bits per heavy atom. The molecule has 7 heteroatoms. The van der Waals surface area contributed by atoms with Crippen LogP contribution in [0.3, 0.4) is 0 Å². The van der Waals surface area contributed by atoms with Gasteiger partial charge in [0.1, 0.15) is 5.82 Å². The molecular formula is C28H25ClN4O2. The number of nitrogens with zero attached hydrogens (tertiary/aromatic N) is 3. The molecule has 0 atom stereocenters. The summed E-state index contributed by atoms with van der Waals surface area (Å²) >= 11 is 0. The standard InChI is InChI=1S/C28H24N4O2.ClH/c1-3-19-9-8-10-20(16-19)25-17-27(30-24-14-7-5-12-22(24)28(33)34)32(31-25)26-15-18(2)29-23-13-6-4-11-21(23)26;/h4-17,30H,3H2,1-2H3,(H,33,34);1H. The van der Waals surface area contributed by atoms with E-state index in [9.17, 15) is 9.90 Å². The molecule has 0 bridgehead atoms. The number of fused-ring (bicyclic) bond motifs is 1. The summed E-state index contributed by atoms with van der Waals surface area (Å²) < 4.78 is 1.84. The summed E-state index contributed by atoms with van der Waals surface area (Å²) in [5.74, 6) is -0.323. The highest BCUT2D eigenvalue weighted by molar-refractivity contribution is 5.95. The molecule has 0 unspecified atom stereocenters. The normalized spacial score (nSPS) is 10.7. The van der Waals surface area contributed by atoms with Crippen molar-refractivity contribution in [1.29, 1.82) is 0 Å². The molecule has 0 amide bonds. The van der Waals surface area contributed by atoms with E-state index in [0.29, 0.717) is 11.5 Å². The fourth-order valence-electron chi connectivity index (χ4n) is 4.12. The summed E-state index contributed by atoms with van der Waals surface area (Å²) in [6.07, 6.45) is 0.930. The zero-order valence-corrected chi connectivity index (χ0v) is 20.2. The Balaban J connectivity index is 0.00000289. The number of hydrogen-bond donors (Lipinski definition) is 2. The molecule has 2 aromatic heterocycles. The molecule has 0 radical (unpaired) electrons. The lowest BCUT2D eigenvalue weighted by Gasteiger charge is -2.14. The van der Waals surface area contributed by atoms with Crippen LogP contribution in [0.15, 0.2) is 84.9 Å². The van der Waals surface area contributed by atoms with Gasteiger partial charge in [-0.3, -0.25) is 4.98 Å². The number of anilines is 2. The molecule has 0 spiro atoms. The predicted octanol–water partition coefficient (Wildman–Crippen LogP) is 6.82. The maximum absolute atomic E-state index is 11.8. The van der Waals surface area contributed by atoms with Crippen LogP contribution in [-0.4, -0.2) is 25.8 Å². The molecule has 0 fully saturated rings. The quantitative estimate of drug-likeness (QED) is 0.276. The molecule has 0 saturated heterocycles. The van der Waals surface area contributed by atoms with E-state index in [2.05, 4.69) is 29.4 Å². The van der Waals surface area contributed by atoms with Crippen LogP contribution in [0.2, 0.25) is 0 Å². The first-order valence-electron chi connectivity index (χ1n) is 11.2. The zero-order chi connectivity index (χ0) is 23.7. The SMILES string of the molecule is CCc1cccc(-c2cc(Nc3ccccc3C(=O)O)n(-c3cc(C)nc4ccccc34)n2)c1.Cl. The highest BCUT2D eigenvalue weighted by atomic mass is 35.5. The number of carboxylic acid groups (broad SMARTS) is 1. The number of benzene rings is 3. The van der Waals surface area contributed by atoms with Crippen molar-refractivity contribution < 1.29 is 9.90 Å². The van der Waals surface area contributed by atoms with Gasteiger partial charge in [-0.05, 0) is 49.2 Å². The number of carbonyl (C=O) groups is 1. The van der Waals surface area contributed by atoms with Crippen LogP contribution in [0.5, 0.6) is 0 Å². The van der Waals surface area contributed by atoms with Gasteiger partial charge in [0.05, 0.1) is 28.1 Å². The molecule has 0 aliphatic heterocycles. The summed E-state index contributed by atoms with van der Waals surface area (Å²) in [7, 11) is 0. The monoisotopic (exact) mass is 484 g/mol. The molecule has 3 aromatic carbocycles. The Kier molecular flexibility index (Phi) is 6.85. The number of pyridine rings is 1. The van der Waals surface area contributed by atoms with Gasteiger partial charge in [-0.15, -0.1) is 12.4 Å². The Hall–Kier alpha value is -4.16. The zero-order valence-electron chi connectivity index (χ0n) is 19.4. The van der Waals surface area contributed by atoms with Crippen molar-refractivity contribution in [2.24, 2.45) is 0 Å². The van der Waals surface area contributed by atoms with E-state index in [1.165, 1.54) is 5.56 Å². The minimum Gasteiger partial charge on any atom is -0.478 e. The molecule has 5 aromatic rings. The second-order valence-corrected chi connectivity index (χ2v) is 8.16. The third-order valence-corrected chi connectivity index (χ3v) is 5.81. The lowest BCUT2D eigenvalue weighted by Crippen LogP contribution is -2.07. The van der Waals surface area contributed by atoms with E-state index in [4.69, 9.17) is 5.10 Å². The largest absolute Gasteiger partial charge is 0.478 e. The highest BCUT2D eigenvalue weighted by Gasteiger charge is 2.17. The predicted molar refractivity (Wildman–Crippen MR) is 142 cm³/mol. The van der Waals surface area contributed by atoms with E-state index >= 15 is 0 Å². The van der Waals surface area contributed by atoms with E-state index in [-0.39, 0.29) is 18.0 Å². The van der Waals surface area contributed by atoms with Gasteiger partial charge in [-0.25, -0.2) is 9.48 Å². The molecule has 6 nitrogen and oxygen atoms in total. The fourth-order valence-corrected chi connectivity index (χ4v) is 4.12. The molecule has 176 valence electrons. The van der Waals surface area contributed by atoms with Gasteiger partial charge in [0.25, 0.3) is 0 Å². The fraction of sp³-hybridized carbons (Fsp3) is 0.107. The Labute approximate surface area is 209 Å². The smallest absolute Gasteiger partial charge is 0.337 e. The molecule has 0 saturated carbocycles. The van der Waals surface area contributed by atoms with Crippen LogP contribution in [0.1, 0.15) is 28.5 Å². The first kappa shape index (κ1) is 24.0. The van der Waals surface area contributed by atoms with Crippen molar-refractivity contribution >= 4 is 40.8 Å². The number of nitrogens with one attached hydrogen (secondary N) is 1. The van der Waals surface area contributed by atoms with Crippen LogP contribution in [0.25, 0.3) is 27.8 Å². The number of aromatic nitrogens is 3. The van der Waals surface area contributed by atoms with E-state index in [1.54, 1.807) is 18.2 Å². The van der Waals surface area contributed by atoms with Gasteiger partial charge in [0.15, 0.2) is 0 Å². The molecule has 35 heavy (non-hydrogen) atoms. The Bertz CT molecular complexity index is 1530. The molecule has 0 aliphatic carbocycles. The second-order valence-electron chi connectivity index (χ2n) is 8.16. The van der Waals surface area contributed by atoms with Crippen molar-refractivity contribution in [1.82, 2.24) is 14.8 Å². The van der Waals surface area contributed by atoms with Gasteiger partial charge >= 0.3 is 5.97 Å². The summed E-state index contributed by atoms with van der Waals surface area (Å²) in [6.45, 7) is 4.08. The number of aryl methyl sites for hydroxylation is 2. The Morgan fingerprint density at radius 1 is 0.971 bits per heavy atom. The molecule has 2 heterocycles. The molecule has 0 aliphatic rings. The van der Waals surface area contributed by atoms with Crippen LogP contribution in [0.4, 0.5) is 11.5 Å². The van der Waals surface area contributed by atoms with Gasteiger partial charge in [0.2, 0.25) is 0 Å². The number of rotatable bonds is 6. The summed E-state index contributed by atoms with van der Waals surface area (Å²) in [5.41, 5.74) is 6.34. The minimum absolute atomic E-state index is 0. The topological polar surface area (TPSA) is 80.0 Å². The van der Waals surface area contributed by atoms with Crippen molar-refractivity contribution in [3.05, 3.63) is 102 Å². The molecule has 2 N–H and O–H groups in total. The second kappa shape index (κ2) is 9.99. The third kappa shape index (κ3) is 4.74. The summed E-state index contributed by atoms with van der Waals surface area (Å²) in [4.78, 5) is 16.5. The van der Waals surface area contributed by atoms with E-state index < -0.39 is 5.97 Å². The third-order valence-electron chi connectivity index (χ3n) is 5.81. The first-order chi connectivity index (χ1) is 16.5. The highest BCUT2D eigenvalue weighted by Crippen LogP contribution is 2.31. The van der Waals surface area contributed by atoms with Crippen molar-refractivity contribution in [2.75, 3.05) is 5.32 Å². The average Bonchev–Trinajstić information content (AvgIpc) is 3.27. The average molecular weight is 485 g/mol. The van der Waals surface area contributed by atoms with E-state index in [1.807, 2.05) is 66.2 Å². The van der Waals surface area contributed by atoms with Crippen molar-refractivity contribution in [3.8, 4) is 16.9 Å². The minimum atomic E-state index is -0.991.